The number of carbonyl (C=O) groups is 2. The van der Waals surface area contributed by atoms with E-state index < -0.39 is 0 Å². The molecule has 3 fully saturated rings. The van der Waals surface area contributed by atoms with Crippen molar-refractivity contribution in [3.8, 4) is 0 Å². The van der Waals surface area contributed by atoms with Crippen LogP contribution in [-0.2, 0) is 16.1 Å². The maximum absolute atomic E-state index is 13.0. The molecule has 6 nitrogen and oxygen atoms in total. The van der Waals surface area contributed by atoms with Gasteiger partial charge in [0.2, 0.25) is 11.8 Å². The molecule has 2 amide bonds. The summed E-state index contributed by atoms with van der Waals surface area (Å²) >= 11 is 0. The summed E-state index contributed by atoms with van der Waals surface area (Å²) < 4.78 is 0. The predicted molar refractivity (Wildman–Crippen MR) is 118 cm³/mol. The first kappa shape index (κ1) is 21.3. The lowest BCUT2D eigenvalue weighted by Crippen LogP contribution is -2.53. The molecule has 30 heavy (non-hydrogen) atoms. The third-order valence-corrected chi connectivity index (χ3v) is 7.37. The minimum absolute atomic E-state index is 0.0324. The molecule has 4 rings (SSSR count). The zero-order valence-corrected chi connectivity index (χ0v) is 18.2. The van der Waals surface area contributed by atoms with Crippen LogP contribution in [0.15, 0.2) is 30.3 Å². The summed E-state index contributed by atoms with van der Waals surface area (Å²) in [7, 11) is 2.15. The number of amides is 2. The molecule has 2 N–H and O–H groups in total. The first-order valence-corrected chi connectivity index (χ1v) is 11.7. The van der Waals surface area contributed by atoms with Crippen LogP contribution in [-0.4, -0.2) is 65.9 Å². The van der Waals surface area contributed by atoms with Crippen LogP contribution in [0, 0.1) is 0 Å². The van der Waals surface area contributed by atoms with Gasteiger partial charge in [-0.15, -0.1) is 0 Å². The van der Waals surface area contributed by atoms with Crippen LogP contribution in [0.25, 0.3) is 0 Å². The van der Waals surface area contributed by atoms with E-state index in [-0.39, 0.29) is 29.9 Å². The molecule has 2 heterocycles. The van der Waals surface area contributed by atoms with Gasteiger partial charge in [0.05, 0.1) is 0 Å². The monoisotopic (exact) mass is 412 g/mol. The van der Waals surface area contributed by atoms with Gasteiger partial charge >= 0.3 is 0 Å². The molecule has 6 heteroatoms. The highest BCUT2D eigenvalue weighted by atomic mass is 16.2. The molecule has 0 bridgehead atoms. The minimum atomic E-state index is -0.0324. The van der Waals surface area contributed by atoms with Crippen molar-refractivity contribution in [3.05, 3.63) is 35.9 Å². The molecule has 3 aliphatic rings. The summed E-state index contributed by atoms with van der Waals surface area (Å²) in [6.07, 6.45) is 8.66. The zero-order chi connectivity index (χ0) is 20.9. The zero-order valence-electron chi connectivity index (χ0n) is 18.2. The number of nitrogens with zero attached hydrogens (tertiary/aromatic N) is 2. The number of fused-ring (bicyclic) bond motifs is 1. The van der Waals surface area contributed by atoms with Gasteiger partial charge in [-0.2, -0.15) is 0 Å². The van der Waals surface area contributed by atoms with E-state index >= 15 is 0 Å². The molecule has 0 aromatic heterocycles. The van der Waals surface area contributed by atoms with E-state index in [1.54, 1.807) is 0 Å². The lowest BCUT2D eigenvalue weighted by atomic mass is 9.93. The number of hydrogen-bond acceptors (Lipinski definition) is 4. The third-order valence-electron chi connectivity index (χ3n) is 7.37. The molecule has 2 aliphatic heterocycles. The molecule has 1 saturated carbocycles. The second kappa shape index (κ2) is 9.92. The predicted octanol–water partition coefficient (Wildman–Crippen LogP) is 2.29. The number of carbonyl (C=O) groups excluding carboxylic acids is 2. The van der Waals surface area contributed by atoms with Crippen molar-refractivity contribution in [1.29, 1.82) is 0 Å². The second-order valence-corrected chi connectivity index (χ2v) is 9.20. The lowest BCUT2D eigenvalue weighted by molar-refractivity contribution is -0.127. The molecule has 3 atom stereocenters. The van der Waals surface area contributed by atoms with E-state index in [0.29, 0.717) is 25.6 Å². The summed E-state index contributed by atoms with van der Waals surface area (Å²) in [5.74, 6) is 0.264. The molecule has 164 valence electrons. The van der Waals surface area contributed by atoms with Gasteiger partial charge in [0, 0.05) is 44.2 Å². The minimum Gasteiger partial charge on any atom is -0.353 e. The Morgan fingerprint density at radius 1 is 1.13 bits per heavy atom. The Morgan fingerprint density at radius 2 is 1.90 bits per heavy atom. The number of likely N-dealkylation sites (tertiary alicyclic amines) is 1. The maximum Gasteiger partial charge on any atom is 0.239 e. The fraction of sp³-hybridized carbons (Fsp3) is 0.667. The Labute approximate surface area is 180 Å². The Balaban J connectivity index is 1.31. The van der Waals surface area contributed by atoms with Crippen molar-refractivity contribution in [3.63, 3.8) is 0 Å². The molecule has 0 spiro atoms. The van der Waals surface area contributed by atoms with Crippen molar-refractivity contribution in [2.24, 2.45) is 0 Å². The van der Waals surface area contributed by atoms with Crippen LogP contribution in [0.2, 0.25) is 0 Å². The first-order chi connectivity index (χ1) is 14.6. The van der Waals surface area contributed by atoms with Gasteiger partial charge < -0.3 is 10.6 Å². The maximum atomic E-state index is 13.0. The largest absolute Gasteiger partial charge is 0.353 e. The van der Waals surface area contributed by atoms with Gasteiger partial charge in [0.1, 0.15) is 6.04 Å². The Hall–Kier alpha value is -1.92. The number of hydrogen-bond donors (Lipinski definition) is 2. The van der Waals surface area contributed by atoms with Crippen molar-refractivity contribution in [2.75, 3.05) is 20.1 Å². The van der Waals surface area contributed by atoms with Gasteiger partial charge in [-0.25, -0.2) is 0 Å². The molecule has 1 aliphatic carbocycles. The Morgan fingerprint density at radius 3 is 2.67 bits per heavy atom. The van der Waals surface area contributed by atoms with Crippen LogP contribution in [0.1, 0.15) is 56.9 Å². The summed E-state index contributed by atoms with van der Waals surface area (Å²) in [4.78, 5) is 30.2. The van der Waals surface area contributed by atoms with E-state index in [9.17, 15) is 9.59 Å². The number of likely N-dealkylation sites (N-methyl/N-ethyl adjacent to an activating group) is 1. The average Bonchev–Trinajstić information content (AvgIpc) is 3.19. The van der Waals surface area contributed by atoms with Crippen molar-refractivity contribution in [1.82, 2.24) is 20.4 Å². The molecular formula is C24H36N4O2. The van der Waals surface area contributed by atoms with Gasteiger partial charge in [0.15, 0.2) is 0 Å². The van der Waals surface area contributed by atoms with Crippen LogP contribution in [0.4, 0.5) is 0 Å². The summed E-state index contributed by atoms with van der Waals surface area (Å²) in [5.41, 5.74) is 1.11. The molecular weight excluding hydrogens is 376 g/mol. The van der Waals surface area contributed by atoms with Crippen LogP contribution in [0.5, 0.6) is 0 Å². The molecule has 1 aromatic carbocycles. The second-order valence-electron chi connectivity index (χ2n) is 9.20. The lowest BCUT2D eigenvalue weighted by Gasteiger charge is -2.37. The summed E-state index contributed by atoms with van der Waals surface area (Å²) in [6, 6.07) is 11.0. The van der Waals surface area contributed by atoms with Crippen molar-refractivity contribution in [2.45, 2.75) is 82.1 Å². The van der Waals surface area contributed by atoms with E-state index in [2.05, 4.69) is 27.5 Å². The van der Waals surface area contributed by atoms with E-state index in [0.717, 1.165) is 24.9 Å². The standard InChI is InChI=1S/C24H36N4O2/c1-27-20(12-13-22(29)25-16-18-8-4-2-5-9-18)17-26-24(30)23-21(27)14-15-28(23)19-10-6-3-7-11-19/h2,4-5,8-9,19-21,23H,3,6-7,10-17H2,1H3,(H,25,29)(H,26,30). The van der Waals surface area contributed by atoms with Crippen LogP contribution < -0.4 is 10.6 Å². The van der Waals surface area contributed by atoms with Gasteiger partial charge in [-0.1, -0.05) is 49.6 Å². The number of benzene rings is 1. The van der Waals surface area contributed by atoms with E-state index in [1.165, 1.54) is 32.1 Å². The Bertz CT molecular complexity index is 719. The summed E-state index contributed by atoms with van der Waals surface area (Å²) in [6.45, 7) is 2.22. The third kappa shape index (κ3) is 4.86. The topological polar surface area (TPSA) is 64.7 Å². The fourth-order valence-corrected chi connectivity index (χ4v) is 5.60. The fourth-order valence-electron chi connectivity index (χ4n) is 5.60. The highest BCUT2D eigenvalue weighted by molar-refractivity contribution is 5.83. The van der Waals surface area contributed by atoms with E-state index in [4.69, 9.17) is 0 Å². The SMILES string of the molecule is CN1C(CCC(=O)NCc2ccccc2)CNC(=O)C2C1CCN2C1CCCCC1. The normalized spacial score (nSPS) is 28.6. The highest BCUT2D eigenvalue weighted by Gasteiger charge is 2.47. The first-order valence-electron chi connectivity index (χ1n) is 11.7. The van der Waals surface area contributed by atoms with Crippen LogP contribution in [0.3, 0.4) is 0 Å². The molecule has 3 unspecified atom stereocenters. The quantitative estimate of drug-likeness (QED) is 0.753. The van der Waals surface area contributed by atoms with Gasteiger partial charge in [0.25, 0.3) is 0 Å². The van der Waals surface area contributed by atoms with E-state index in [1.807, 2.05) is 30.3 Å². The van der Waals surface area contributed by atoms with Gasteiger partial charge in [-0.05, 0) is 38.3 Å². The van der Waals surface area contributed by atoms with Crippen LogP contribution >= 0.6 is 0 Å². The average molecular weight is 413 g/mol. The molecule has 1 aromatic rings. The van der Waals surface area contributed by atoms with Gasteiger partial charge in [-0.3, -0.25) is 19.4 Å². The van der Waals surface area contributed by atoms with Crippen molar-refractivity contribution >= 4 is 11.8 Å². The highest BCUT2D eigenvalue weighted by Crippen LogP contribution is 2.33. The Kier molecular flexibility index (Phi) is 7.05. The number of rotatable bonds is 6. The molecule has 2 saturated heterocycles. The molecule has 0 radical (unpaired) electrons. The number of nitrogens with one attached hydrogen (secondary N) is 2. The smallest absolute Gasteiger partial charge is 0.239 e. The van der Waals surface area contributed by atoms with Crippen molar-refractivity contribution < 1.29 is 9.59 Å². The summed E-state index contributed by atoms with van der Waals surface area (Å²) in [5, 5.41) is 6.21.